The van der Waals surface area contributed by atoms with Crippen LogP contribution in [0, 0.1) is 11.8 Å². The van der Waals surface area contributed by atoms with Crippen LogP contribution in [-0.2, 0) is 18.9 Å². The maximum Gasteiger partial charge on any atom is 0.101 e. The Labute approximate surface area is 129 Å². The van der Waals surface area contributed by atoms with Crippen LogP contribution in [0.5, 0.6) is 0 Å². The van der Waals surface area contributed by atoms with Gasteiger partial charge in [-0.25, -0.2) is 0 Å². The van der Waals surface area contributed by atoms with E-state index in [9.17, 15) is 0 Å². The Morgan fingerprint density at radius 3 is 1.38 bits per heavy atom. The van der Waals surface area contributed by atoms with E-state index in [-0.39, 0.29) is 12.2 Å². The number of rotatable bonds is 10. The fourth-order valence-corrected chi connectivity index (χ4v) is 2.90. The van der Waals surface area contributed by atoms with E-state index in [0.29, 0.717) is 50.3 Å². The molecule has 0 aromatic heterocycles. The number of hydrogen-bond acceptors (Lipinski definition) is 5. The maximum absolute atomic E-state index is 6.09. The highest BCUT2D eigenvalue weighted by Gasteiger charge is 2.46. The first-order valence-electron chi connectivity index (χ1n) is 8.00. The molecule has 0 bridgehead atoms. The second-order valence-corrected chi connectivity index (χ2v) is 6.36. The Balaban J connectivity index is 2.74. The van der Waals surface area contributed by atoms with Crippen LogP contribution in [0.15, 0.2) is 0 Å². The van der Waals surface area contributed by atoms with Crippen molar-refractivity contribution in [2.24, 2.45) is 11.8 Å². The summed E-state index contributed by atoms with van der Waals surface area (Å²) >= 11 is 0. The summed E-state index contributed by atoms with van der Waals surface area (Å²) < 4.78 is 22.4. The van der Waals surface area contributed by atoms with Crippen molar-refractivity contribution < 1.29 is 18.9 Å². The van der Waals surface area contributed by atoms with E-state index >= 15 is 0 Å². The zero-order chi connectivity index (χ0) is 15.8. The molecule has 0 spiro atoms. The number of ether oxygens (including phenoxy) is 4. The van der Waals surface area contributed by atoms with Gasteiger partial charge in [-0.2, -0.15) is 0 Å². The van der Waals surface area contributed by atoms with Crippen molar-refractivity contribution in [3.05, 3.63) is 0 Å². The summed E-state index contributed by atoms with van der Waals surface area (Å²) in [6.45, 7) is 11.3. The lowest BCUT2D eigenvalue weighted by Gasteiger charge is -2.28. The van der Waals surface area contributed by atoms with Crippen molar-refractivity contribution in [1.82, 2.24) is 5.32 Å². The van der Waals surface area contributed by atoms with Gasteiger partial charge in [0.2, 0.25) is 0 Å². The molecule has 4 atom stereocenters. The number of nitrogens with one attached hydrogen (secondary N) is 1. The minimum Gasteiger partial charge on any atom is -0.382 e. The molecule has 126 valence electrons. The molecule has 0 saturated carbocycles. The lowest BCUT2D eigenvalue weighted by Crippen LogP contribution is -2.41. The predicted octanol–water partition coefficient (Wildman–Crippen LogP) is 1.70. The summed E-state index contributed by atoms with van der Waals surface area (Å²) in [6.07, 6.45) is 0.119. The van der Waals surface area contributed by atoms with Crippen molar-refractivity contribution >= 4 is 0 Å². The molecule has 0 aromatic rings. The van der Waals surface area contributed by atoms with E-state index in [2.05, 4.69) is 33.0 Å². The topological polar surface area (TPSA) is 49.0 Å². The van der Waals surface area contributed by atoms with E-state index in [1.165, 1.54) is 0 Å². The predicted molar refractivity (Wildman–Crippen MR) is 83.6 cm³/mol. The standard InChI is InChI=1S/C16H33NO4/c1-11(2)13-15(20-9-7-18-5)16(21-10-8-19-6)14(17-13)12(3)4/h11-17H,7-10H2,1-6H3/t13-,14-,15+,16+/m1/s1. The van der Waals surface area contributed by atoms with E-state index in [0.717, 1.165) is 0 Å². The van der Waals surface area contributed by atoms with Crippen molar-refractivity contribution in [2.45, 2.75) is 52.0 Å². The first-order valence-corrected chi connectivity index (χ1v) is 8.00. The minimum absolute atomic E-state index is 0.0596. The molecule has 1 saturated heterocycles. The van der Waals surface area contributed by atoms with Crippen LogP contribution in [0.4, 0.5) is 0 Å². The molecule has 1 heterocycles. The molecule has 5 heteroatoms. The molecule has 0 radical (unpaired) electrons. The lowest BCUT2D eigenvalue weighted by molar-refractivity contribution is -0.0891. The number of hydrogen-bond donors (Lipinski definition) is 1. The largest absolute Gasteiger partial charge is 0.382 e. The summed E-state index contributed by atoms with van der Waals surface area (Å²) in [5.41, 5.74) is 0. The van der Waals surface area contributed by atoms with E-state index < -0.39 is 0 Å². The van der Waals surface area contributed by atoms with Gasteiger partial charge in [0, 0.05) is 26.3 Å². The SMILES string of the molecule is COCCO[C@@H]1[C@@H](OCCOC)[C@@H](C(C)C)N[C@@H]1C(C)C. The van der Waals surface area contributed by atoms with Crippen molar-refractivity contribution in [3.8, 4) is 0 Å². The molecule has 1 aliphatic rings. The first kappa shape index (κ1) is 18.8. The Morgan fingerprint density at radius 2 is 1.10 bits per heavy atom. The normalized spacial score (nSPS) is 29.7. The summed E-state index contributed by atoms with van der Waals surface area (Å²) in [5.74, 6) is 0.990. The highest BCUT2D eigenvalue weighted by atomic mass is 16.6. The lowest BCUT2D eigenvalue weighted by atomic mass is 9.95. The second kappa shape index (κ2) is 9.74. The van der Waals surface area contributed by atoms with Crippen LogP contribution in [0.25, 0.3) is 0 Å². The van der Waals surface area contributed by atoms with Gasteiger partial charge in [0.25, 0.3) is 0 Å². The molecule has 5 nitrogen and oxygen atoms in total. The molecule has 1 rings (SSSR count). The zero-order valence-corrected chi connectivity index (χ0v) is 14.4. The van der Waals surface area contributed by atoms with Gasteiger partial charge in [-0.1, -0.05) is 27.7 Å². The Hall–Kier alpha value is -0.200. The Kier molecular flexibility index (Phi) is 8.74. The molecule has 0 aliphatic carbocycles. The average Bonchev–Trinajstić information content (AvgIpc) is 2.79. The van der Waals surface area contributed by atoms with Crippen LogP contribution in [0.3, 0.4) is 0 Å². The van der Waals surface area contributed by atoms with Gasteiger partial charge in [0.05, 0.1) is 26.4 Å². The first-order chi connectivity index (χ1) is 10.0. The van der Waals surface area contributed by atoms with Crippen LogP contribution in [0.2, 0.25) is 0 Å². The molecule has 1 N–H and O–H groups in total. The van der Waals surface area contributed by atoms with Gasteiger partial charge >= 0.3 is 0 Å². The Bertz CT molecular complexity index is 247. The summed E-state index contributed by atoms with van der Waals surface area (Å²) in [6, 6.07) is 0.614. The molecular weight excluding hydrogens is 270 g/mol. The van der Waals surface area contributed by atoms with Gasteiger partial charge < -0.3 is 24.3 Å². The van der Waals surface area contributed by atoms with Gasteiger partial charge in [-0.15, -0.1) is 0 Å². The van der Waals surface area contributed by atoms with Crippen molar-refractivity contribution in [1.29, 1.82) is 0 Å². The van der Waals surface area contributed by atoms with E-state index in [4.69, 9.17) is 18.9 Å². The van der Waals surface area contributed by atoms with Crippen LogP contribution in [-0.4, -0.2) is 64.9 Å². The van der Waals surface area contributed by atoms with Crippen molar-refractivity contribution in [3.63, 3.8) is 0 Å². The fourth-order valence-electron chi connectivity index (χ4n) is 2.90. The maximum atomic E-state index is 6.09. The van der Waals surface area contributed by atoms with E-state index in [1.54, 1.807) is 14.2 Å². The monoisotopic (exact) mass is 303 g/mol. The third-order valence-corrected chi connectivity index (χ3v) is 4.05. The summed E-state index contributed by atoms with van der Waals surface area (Å²) in [5, 5.41) is 3.71. The fraction of sp³-hybridized carbons (Fsp3) is 1.00. The smallest absolute Gasteiger partial charge is 0.101 e. The summed E-state index contributed by atoms with van der Waals surface area (Å²) in [7, 11) is 3.39. The third kappa shape index (κ3) is 5.49. The van der Waals surface area contributed by atoms with E-state index in [1.807, 2.05) is 0 Å². The van der Waals surface area contributed by atoms with Crippen molar-refractivity contribution in [2.75, 3.05) is 40.6 Å². The molecule has 0 aromatic carbocycles. The third-order valence-electron chi connectivity index (χ3n) is 4.05. The van der Waals surface area contributed by atoms with Gasteiger partial charge in [-0.05, 0) is 11.8 Å². The molecule has 1 fully saturated rings. The van der Waals surface area contributed by atoms with Crippen LogP contribution >= 0.6 is 0 Å². The number of methoxy groups -OCH3 is 2. The van der Waals surface area contributed by atoms with Crippen LogP contribution in [0.1, 0.15) is 27.7 Å². The molecule has 1 aliphatic heterocycles. The quantitative estimate of drug-likeness (QED) is 0.623. The molecule has 21 heavy (non-hydrogen) atoms. The van der Waals surface area contributed by atoms with Gasteiger partial charge in [0.1, 0.15) is 12.2 Å². The average molecular weight is 303 g/mol. The highest BCUT2D eigenvalue weighted by Crippen LogP contribution is 2.29. The van der Waals surface area contributed by atoms with Crippen LogP contribution < -0.4 is 5.32 Å². The highest BCUT2D eigenvalue weighted by molar-refractivity contribution is 5.02. The van der Waals surface area contributed by atoms with Gasteiger partial charge in [-0.3, -0.25) is 0 Å². The second-order valence-electron chi connectivity index (χ2n) is 6.36. The zero-order valence-electron chi connectivity index (χ0n) is 14.4. The Morgan fingerprint density at radius 1 is 0.714 bits per heavy atom. The molecule has 0 amide bonds. The minimum atomic E-state index is 0.0596. The van der Waals surface area contributed by atoms with Gasteiger partial charge in [0.15, 0.2) is 0 Å². The molecular formula is C16H33NO4. The summed E-state index contributed by atoms with van der Waals surface area (Å²) in [4.78, 5) is 0. The molecule has 0 unspecified atom stereocenters.